The third-order valence-corrected chi connectivity index (χ3v) is 5.33. The molecule has 2 heterocycles. The van der Waals surface area contributed by atoms with Crippen molar-refractivity contribution in [1.82, 2.24) is 19.9 Å². The lowest BCUT2D eigenvalue weighted by Gasteiger charge is -2.25. The summed E-state index contributed by atoms with van der Waals surface area (Å²) in [5.74, 6) is 2.67. The van der Waals surface area contributed by atoms with Crippen LogP contribution in [0.15, 0.2) is 24.5 Å². The van der Waals surface area contributed by atoms with Gasteiger partial charge in [0.25, 0.3) is 0 Å². The molecule has 1 saturated carbocycles. The molecule has 4 rings (SSSR count). The van der Waals surface area contributed by atoms with Gasteiger partial charge in [-0.05, 0) is 43.4 Å². The Morgan fingerprint density at radius 3 is 2.59 bits per heavy atom. The smallest absolute Gasteiger partial charge is 0.181 e. The molecule has 1 aliphatic carbocycles. The summed E-state index contributed by atoms with van der Waals surface area (Å²) >= 11 is 0. The Balaban J connectivity index is 1.67. The van der Waals surface area contributed by atoms with E-state index in [1.54, 1.807) is 20.5 Å². The molecule has 0 saturated heterocycles. The van der Waals surface area contributed by atoms with Crippen LogP contribution in [-0.2, 0) is 6.42 Å². The van der Waals surface area contributed by atoms with E-state index in [1.807, 2.05) is 18.2 Å². The average Bonchev–Trinajstić information content (AvgIpc) is 3.17. The second-order valence-electron chi connectivity index (χ2n) is 7.11. The molecule has 27 heavy (non-hydrogen) atoms. The van der Waals surface area contributed by atoms with Gasteiger partial charge in [-0.15, -0.1) is 0 Å². The van der Waals surface area contributed by atoms with Crippen molar-refractivity contribution in [3.63, 3.8) is 0 Å². The largest absolute Gasteiger partial charge is 0.493 e. The Bertz CT molecular complexity index is 931. The summed E-state index contributed by atoms with van der Waals surface area (Å²) in [5.41, 5.74) is 9.72. The fourth-order valence-corrected chi connectivity index (χ4v) is 3.78. The molecule has 1 aromatic carbocycles. The van der Waals surface area contributed by atoms with E-state index in [4.69, 9.17) is 25.2 Å². The van der Waals surface area contributed by atoms with Crippen molar-refractivity contribution in [2.45, 2.75) is 44.1 Å². The van der Waals surface area contributed by atoms with E-state index >= 15 is 0 Å². The molecule has 7 heteroatoms. The van der Waals surface area contributed by atoms with E-state index in [0.29, 0.717) is 24.1 Å². The van der Waals surface area contributed by atoms with Crippen molar-refractivity contribution in [2.75, 3.05) is 14.2 Å². The van der Waals surface area contributed by atoms with Crippen molar-refractivity contribution in [2.24, 2.45) is 5.73 Å². The summed E-state index contributed by atoms with van der Waals surface area (Å²) in [5, 5.41) is 0. The summed E-state index contributed by atoms with van der Waals surface area (Å²) in [6.07, 6.45) is 6.47. The summed E-state index contributed by atoms with van der Waals surface area (Å²) in [6.45, 7) is 0. The fraction of sp³-hybridized carbons (Fsp3) is 0.450. The minimum atomic E-state index is 0.307. The number of rotatable bonds is 5. The quantitative estimate of drug-likeness (QED) is 0.719. The van der Waals surface area contributed by atoms with E-state index in [-0.39, 0.29) is 0 Å². The van der Waals surface area contributed by atoms with Crippen LogP contribution in [-0.4, -0.2) is 40.2 Å². The number of imidazole rings is 1. The van der Waals surface area contributed by atoms with Crippen LogP contribution in [0.25, 0.3) is 11.2 Å². The molecule has 1 fully saturated rings. The zero-order valence-corrected chi connectivity index (χ0v) is 15.7. The zero-order chi connectivity index (χ0) is 18.8. The number of hydrogen-bond acceptors (Lipinski definition) is 6. The second-order valence-corrected chi connectivity index (χ2v) is 7.11. The number of ether oxygens (including phenoxy) is 2. The van der Waals surface area contributed by atoms with Gasteiger partial charge < -0.3 is 20.2 Å². The first-order chi connectivity index (χ1) is 13.2. The highest BCUT2D eigenvalue weighted by Crippen LogP contribution is 2.32. The highest BCUT2D eigenvalue weighted by molar-refractivity contribution is 5.73. The van der Waals surface area contributed by atoms with Gasteiger partial charge in [-0.25, -0.2) is 15.0 Å². The van der Waals surface area contributed by atoms with Crippen LogP contribution in [0.4, 0.5) is 0 Å². The van der Waals surface area contributed by atoms with Crippen molar-refractivity contribution < 1.29 is 9.47 Å². The number of methoxy groups -OCH3 is 2. The van der Waals surface area contributed by atoms with Gasteiger partial charge in [0.1, 0.15) is 11.3 Å². The molecule has 0 aliphatic heterocycles. The molecule has 3 aromatic rings. The third kappa shape index (κ3) is 3.60. The molecular weight excluding hydrogens is 342 g/mol. The molecule has 0 amide bonds. The summed E-state index contributed by atoms with van der Waals surface area (Å²) in [4.78, 5) is 17.2. The van der Waals surface area contributed by atoms with Crippen LogP contribution >= 0.6 is 0 Å². The molecule has 2 aromatic heterocycles. The van der Waals surface area contributed by atoms with E-state index in [1.165, 1.54) is 0 Å². The molecule has 142 valence electrons. The van der Waals surface area contributed by atoms with Crippen LogP contribution in [0.3, 0.4) is 0 Å². The first-order valence-electron chi connectivity index (χ1n) is 9.34. The van der Waals surface area contributed by atoms with Gasteiger partial charge in [-0.3, -0.25) is 0 Å². The Kier molecular flexibility index (Phi) is 4.94. The lowest BCUT2D eigenvalue weighted by Crippen LogP contribution is -2.26. The van der Waals surface area contributed by atoms with Crippen LogP contribution < -0.4 is 15.2 Å². The predicted octanol–water partition coefficient (Wildman–Crippen LogP) is 2.95. The number of nitrogens with zero attached hydrogens (tertiary/aromatic N) is 3. The van der Waals surface area contributed by atoms with Crippen molar-refractivity contribution in [1.29, 1.82) is 0 Å². The highest BCUT2D eigenvalue weighted by Gasteiger charge is 2.24. The zero-order valence-electron chi connectivity index (χ0n) is 15.7. The van der Waals surface area contributed by atoms with Gasteiger partial charge in [0.05, 0.1) is 26.2 Å². The number of nitrogens with two attached hydrogens (primary N) is 1. The molecule has 0 spiro atoms. The van der Waals surface area contributed by atoms with E-state index < -0.39 is 0 Å². The maximum atomic E-state index is 6.05. The van der Waals surface area contributed by atoms with E-state index in [0.717, 1.165) is 59.7 Å². The fourth-order valence-electron chi connectivity index (χ4n) is 3.78. The van der Waals surface area contributed by atoms with Crippen LogP contribution in [0, 0.1) is 0 Å². The first-order valence-corrected chi connectivity index (χ1v) is 9.34. The van der Waals surface area contributed by atoms with Crippen LogP contribution in [0.1, 0.15) is 48.7 Å². The second kappa shape index (κ2) is 7.52. The summed E-state index contributed by atoms with van der Waals surface area (Å²) in [7, 11) is 3.28. The van der Waals surface area contributed by atoms with E-state index in [2.05, 4.69) is 9.97 Å². The standard InChI is InChI=1S/C20H25N5O2/c1-26-16-8-3-12(10-17(16)27-2)9-15-18-20(23-11-22-18)25-19(24-15)13-4-6-14(21)7-5-13/h3,8,10-11,13-14H,4-7,9,21H2,1-2H3,(H,22,23,24,25). The maximum Gasteiger partial charge on any atom is 0.181 e. The topological polar surface area (TPSA) is 98.9 Å². The molecule has 0 unspecified atom stereocenters. The van der Waals surface area contributed by atoms with Gasteiger partial charge in [0.2, 0.25) is 0 Å². The Morgan fingerprint density at radius 1 is 1.07 bits per heavy atom. The van der Waals surface area contributed by atoms with Gasteiger partial charge in [0.15, 0.2) is 17.1 Å². The molecule has 0 atom stereocenters. The molecule has 3 N–H and O–H groups in total. The van der Waals surface area contributed by atoms with Gasteiger partial charge >= 0.3 is 0 Å². The summed E-state index contributed by atoms with van der Waals surface area (Å²) in [6, 6.07) is 6.25. The number of benzene rings is 1. The van der Waals surface area contributed by atoms with Crippen molar-refractivity contribution in [3.05, 3.63) is 41.6 Å². The van der Waals surface area contributed by atoms with Crippen molar-refractivity contribution in [3.8, 4) is 11.5 Å². The van der Waals surface area contributed by atoms with E-state index in [9.17, 15) is 0 Å². The summed E-state index contributed by atoms with van der Waals surface area (Å²) < 4.78 is 10.8. The number of H-pyrrole nitrogens is 1. The highest BCUT2D eigenvalue weighted by atomic mass is 16.5. The first kappa shape index (κ1) is 17.7. The number of fused-ring (bicyclic) bond motifs is 1. The minimum absolute atomic E-state index is 0.307. The monoisotopic (exact) mass is 367 g/mol. The predicted molar refractivity (Wildman–Crippen MR) is 103 cm³/mol. The van der Waals surface area contributed by atoms with Crippen LogP contribution in [0.5, 0.6) is 11.5 Å². The molecule has 0 radical (unpaired) electrons. The molecule has 1 aliphatic rings. The number of aromatic amines is 1. The molecule has 7 nitrogen and oxygen atoms in total. The average molecular weight is 367 g/mol. The Hall–Kier alpha value is -2.67. The maximum absolute atomic E-state index is 6.05. The SMILES string of the molecule is COc1ccc(Cc2nc(C3CCC(N)CC3)nc3nc[nH]c23)cc1OC. The van der Waals surface area contributed by atoms with Crippen LogP contribution in [0.2, 0.25) is 0 Å². The van der Waals surface area contributed by atoms with Gasteiger partial charge in [0, 0.05) is 18.4 Å². The Morgan fingerprint density at radius 2 is 1.85 bits per heavy atom. The molecular formula is C20H25N5O2. The normalized spacial score (nSPS) is 20.0. The van der Waals surface area contributed by atoms with Gasteiger partial charge in [-0.1, -0.05) is 6.07 Å². The lowest BCUT2D eigenvalue weighted by molar-refractivity contribution is 0.354. The minimum Gasteiger partial charge on any atom is -0.493 e. The Labute approximate surface area is 158 Å². The third-order valence-electron chi connectivity index (χ3n) is 5.33. The lowest BCUT2D eigenvalue weighted by atomic mass is 9.86. The molecule has 0 bridgehead atoms. The number of aromatic nitrogens is 4. The van der Waals surface area contributed by atoms with Crippen molar-refractivity contribution >= 4 is 11.2 Å². The van der Waals surface area contributed by atoms with Gasteiger partial charge in [-0.2, -0.15) is 0 Å². The number of hydrogen-bond donors (Lipinski definition) is 2. The number of nitrogens with one attached hydrogen (secondary N) is 1.